The van der Waals surface area contributed by atoms with Crippen molar-refractivity contribution in [2.24, 2.45) is 0 Å². The first-order valence-electron chi connectivity index (χ1n) is 4.08. The lowest BCUT2D eigenvalue weighted by atomic mass is 9.96. The number of rotatable bonds is 2. The number of carbonyl (C=O) groups is 2. The zero-order valence-electron chi connectivity index (χ0n) is 7.14. The Labute approximate surface area is 76.0 Å². The summed E-state index contributed by atoms with van der Waals surface area (Å²) in [6.07, 6.45) is 1.57. The zero-order valence-corrected chi connectivity index (χ0v) is 7.14. The maximum Gasteiger partial charge on any atom is 0.320 e. The molecule has 2 atom stereocenters. The molecule has 1 saturated heterocycles. The number of carboxylic acids is 2. The van der Waals surface area contributed by atoms with E-state index in [2.05, 4.69) is 7.05 Å². The van der Waals surface area contributed by atoms with E-state index in [4.69, 9.17) is 10.2 Å². The van der Waals surface area contributed by atoms with Crippen molar-refractivity contribution >= 4 is 11.9 Å². The molecule has 5 nitrogen and oxygen atoms in total. The highest BCUT2D eigenvalue weighted by molar-refractivity contribution is 5.78. The fourth-order valence-corrected chi connectivity index (χ4v) is 1.58. The number of hydrogen-bond acceptors (Lipinski definition) is 3. The van der Waals surface area contributed by atoms with E-state index in [-0.39, 0.29) is 0 Å². The van der Waals surface area contributed by atoms with Crippen LogP contribution >= 0.6 is 0 Å². The van der Waals surface area contributed by atoms with Crippen LogP contribution in [-0.4, -0.2) is 39.1 Å². The van der Waals surface area contributed by atoms with Gasteiger partial charge in [-0.2, -0.15) is 0 Å². The molecule has 0 bridgehead atoms. The van der Waals surface area contributed by atoms with Gasteiger partial charge in [0.05, 0.1) is 0 Å². The van der Waals surface area contributed by atoms with Crippen molar-refractivity contribution in [2.45, 2.75) is 31.3 Å². The van der Waals surface area contributed by atoms with E-state index in [0.717, 1.165) is 0 Å². The van der Waals surface area contributed by atoms with Gasteiger partial charge in [0.25, 0.3) is 0 Å². The Morgan fingerprint density at radius 1 is 1.15 bits per heavy atom. The molecule has 2 N–H and O–H groups in total. The van der Waals surface area contributed by atoms with Gasteiger partial charge in [0.1, 0.15) is 12.1 Å². The van der Waals surface area contributed by atoms with Gasteiger partial charge >= 0.3 is 11.9 Å². The smallest absolute Gasteiger partial charge is 0.320 e. The number of piperidine rings is 1. The molecule has 2 unspecified atom stereocenters. The molecule has 13 heavy (non-hydrogen) atoms. The molecule has 1 fully saturated rings. The van der Waals surface area contributed by atoms with Crippen molar-refractivity contribution < 1.29 is 19.8 Å². The third kappa shape index (κ3) is 1.98. The molecule has 0 aromatic heterocycles. The molecular weight excluding hydrogens is 174 g/mol. The molecular formula is C8H12NO4. The van der Waals surface area contributed by atoms with E-state index >= 15 is 0 Å². The molecule has 1 heterocycles. The minimum absolute atomic E-state index is 0.475. The zero-order chi connectivity index (χ0) is 10.0. The summed E-state index contributed by atoms with van der Waals surface area (Å²) < 4.78 is 0. The summed E-state index contributed by atoms with van der Waals surface area (Å²) in [7, 11) is 3.47. The van der Waals surface area contributed by atoms with E-state index in [1.807, 2.05) is 0 Å². The standard InChI is InChI=1S/C8H12NO4/c1-9-5(7(10)11)3-2-4-6(9)8(12)13/h5-6H,1-4H2,(H,10,11)(H,12,13). The van der Waals surface area contributed by atoms with Gasteiger partial charge in [0.15, 0.2) is 0 Å². The first-order valence-corrected chi connectivity index (χ1v) is 4.08. The van der Waals surface area contributed by atoms with Gasteiger partial charge < -0.3 is 10.2 Å². The minimum Gasteiger partial charge on any atom is -0.480 e. The Morgan fingerprint density at radius 2 is 1.54 bits per heavy atom. The predicted molar refractivity (Wildman–Crippen MR) is 43.9 cm³/mol. The molecule has 1 aliphatic rings. The van der Waals surface area contributed by atoms with Gasteiger partial charge in [-0.1, -0.05) is 0 Å². The van der Waals surface area contributed by atoms with Crippen molar-refractivity contribution in [3.05, 3.63) is 7.05 Å². The van der Waals surface area contributed by atoms with Crippen LogP contribution in [0.3, 0.4) is 0 Å². The molecule has 0 aromatic rings. The topological polar surface area (TPSA) is 77.8 Å². The van der Waals surface area contributed by atoms with Crippen LogP contribution in [-0.2, 0) is 9.59 Å². The Morgan fingerprint density at radius 3 is 1.85 bits per heavy atom. The van der Waals surface area contributed by atoms with E-state index in [0.29, 0.717) is 19.3 Å². The molecule has 1 aliphatic heterocycles. The van der Waals surface area contributed by atoms with Gasteiger partial charge in [-0.25, -0.2) is 0 Å². The molecule has 0 spiro atoms. The highest BCUT2D eigenvalue weighted by Gasteiger charge is 2.35. The van der Waals surface area contributed by atoms with Crippen LogP contribution in [0.25, 0.3) is 0 Å². The molecule has 0 amide bonds. The Bertz CT molecular complexity index is 206. The number of nitrogens with zero attached hydrogens (tertiary/aromatic N) is 1. The van der Waals surface area contributed by atoms with Gasteiger partial charge in [-0.15, -0.1) is 0 Å². The molecule has 0 aromatic carbocycles. The van der Waals surface area contributed by atoms with Crippen molar-refractivity contribution in [3.63, 3.8) is 0 Å². The summed E-state index contributed by atoms with van der Waals surface area (Å²) in [5, 5.41) is 17.5. The Kier molecular flexibility index (Phi) is 2.87. The van der Waals surface area contributed by atoms with E-state index in [1.54, 1.807) is 0 Å². The molecule has 1 radical (unpaired) electrons. The fourth-order valence-electron chi connectivity index (χ4n) is 1.58. The molecule has 1 rings (SSSR count). The van der Waals surface area contributed by atoms with Gasteiger partial charge in [-0.05, 0) is 19.3 Å². The number of hydrogen-bond donors (Lipinski definition) is 2. The normalized spacial score (nSPS) is 29.9. The monoisotopic (exact) mass is 186 g/mol. The van der Waals surface area contributed by atoms with Gasteiger partial charge in [0, 0.05) is 7.05 Å². The highest BCUT2D eigenvalue weighted by Crippen LogP contribution is 2.22. The summed E-state index contributed by atoms with van der Waals surface area (Å²) in [6.45, 7) is 0. The number of aliphatic carboxylic acids is 2. The lowest BCUT2D eigenvalue weighted by molar-refractivity contribution is -0.151. The summed E-state index contributed by atoms with van der Waals surface area (Å²) >= 11 is 0. The SMILES string of the molecule is [CH2]N1C(C(=O)O)CCCC1C(=O)O. The van der Waals surface area contributed by atoms with E-state index < -0.39 is 24.0 Å². The third-order valence-electron chi connectivity index (χ3n) is 2.33. The van der Waals surface area contributed by atoms with Crippen LogP contribution in [0.15, 0.2) is 0 Å². The summed E-state index contributed by atoms with van der Waals surface area (Å²) in [4.78, 5) is 22.5. The largest absolute Gasteiger partial charge is 0.480 e. The summed E-state index contributed by atoms with van der Waals surface area (Å²) in [5.74, 6) is -2.00. The molecule has 73 valence electrons. The van der Waals surface area contributed by atoms with Crippen molar-refractivity contribution in [2.75, 3.05) is 0 Å². The minimum atomic E-state index is -0.999. The first-order chi connectivity index (χ1) is 6.04. The van der Waals surface area contributed by atoms with Crippen molar-refractivity contribution in [3.8, 4) is 0 Å². The maximum atomic E-state index is 10.7. The van der Waals surface area contributed by atoms with Gasteiger partial charge in [-0.3, -0.25) is 14.5 Å². The molecule has 0 aliphatic carbocycles. The Hall–Kier alpha value is -1.10. The first kappa shape index (κ1) is 9.98. The van der Waals surface area contributed by atoms with E-state index in [1.165, 1.54) is 4.90 Å². The van der Waals surface area contributed by atoms with Crippen molar-refractivity contribution in [1.29, 1.82) is 0 Å². The molecule has 0 saturated carbocycles. The fraction of sp³-hybridized carbons (Fsp3) is 0.625. The molecule has 5 heteroatoms. The highest BCUT2D eigenvalue weighted by atomic mass is 16.4. The van der Waals surface area contributed by atoms with Crippen LogP contribution in [0.1, 0.15) is 19.3 Å². The van der Waals surface area contributed by atoms with Gasteiger partial charge in [0.2, 0.25) is 0 Å². The number of carboxylic acid groups (broad SMARTS) is 2. The van der Waals surface area contributed by atoms with E-state index in [9.17, 15) is 9.59 Å². The predicted octanol–water partition coefficient (Wildman–Crippen LogP) is 0.170. The van der Waals surface area contributed by atoms with Crippen LogP contribution in [0.2, 0.25) is 0 Å². The average Bonchev–Trinajstić information content (AvgIpc) is 2.03. The average molecular weight is 186 g/mol. The second-order valence-electron chi connectivity index (χ2n) is 3.15. The lowest BCUT2D eigenvalue weighted by Crippen LogP contribution is -2.50. The van der Waals surface area contributed by atoms with Crippen molar-refractivity contribution in [1.82, 2.24) is 4.90 Å². The second-order valence-corrected chi connectivity index (χ2v) is 3.15. The Balaban J connectivity index is 2.71. The number of likely N-dealkylation sites (tertiary alicyclic amines) is 1. The van der Waals surface area contributed by atoms with Crippen LogP contribution in [0, 0.1) is 7.05 Å². The summed E-state index contributed by atoms with van der Waals surface area (Å²) in [6, 6.07) is -1.51. The van der Waals surface area contributed by atoms with Crippen LogP contribution < -0.4 is 0 Å². The van der Waals surface area contributed by atoms with Crippen LogP contribution in [0.4, 0.5) is 0 Å². The maximum absolute atomic E-state index is 10.7. The third-order valence-corrected chi connectivity index (χ3v) is 2.33. The lowest BCUT2D eigenvalue weighted by Gasteiger charge is -2.34. The second kappa shape index (κ2) is 3.74. The van der Waals surface area contributed by atoms with Crippen LogP contribution in [0.5, 0.6) is 0 Å². The quantitative estimate of drug-likeness (QED) is 0.642. The summed E-state index contributed by atoms with van der Waals surface area (Å²) in [5.41, 5.74) is 0.